The van der Waals surface area contributed by atoms with Gasteiger partial charge in [0.15, 0.2) is 0 Å². The quantitative estimate of drug-likeness (QED) is 0.644. The second kappa shape index (κ2) is 9.65. The van der Waals surface area contributed by atoms with Crippen LogP contribution in [0.4, 0.5) is 0 Å². The van der Waals surface area contributed by atoms with Crippen LogP contribution < -0.4 is 4.74 Å². The molecule has 4 nitrogen and oxygen atoms in total. The van der Waals surface area contributed by atoms with Crippen LogP contribution >= 0.6 is 0 Å². The molecule has 0 atom stereocenters. The molecule has 0 amide bonds. The zero-order valence-electron chi connectivity index (χ0n) is 10.5. The number of hydrogen-bond donors (Lipinski definition) is 1. The van der Waals surface area contributed by atoms with Crippen LogP contribution in [-0.4, -0.2) is 44.7 Å². The molecular weight excluding hydrogens is 232 g/mol. The summed E-state index contributed by atoms with van der Waals surface area (Å²) < 4.78 is 15.8. The normalized spacial score (nSPS) is 10.3. The summed E-state index contributed by atoms with van der Waals surface area (Å²) >= 11 is 0. The lowest BCUT2D eigenvalue weighted by atomic mass is 10.2. The summed E-state index contributed by atoms with van der Waals surface area (Å²) in [7, 11) is 0. The molecule has 4 heteroatoms. The van der Waals surface area contributed by atoms with Gasteiger partial charge in [0.1, 0.15) is 12.4 Å². The van der Waals surface area contributed by atoms with E-state index >= 15 is 0 Å². The smallest absolute Gasteiger partial charge is 0.119 e. The van der Waals surface area contributed by atoms with Crippen molar-refractivity contribution in [1.82, 2.24) is 0 Å². The molecule has 0 aliphatic heterocycles. The fourth-order valence-corrected chi connectivity index (χ4v) is 1.31. The van der Waals surface area contributed by atoms with Crippen LogP contribution in [0.25, 0.3) is 6.08 Å². The molecule has 0 spiro atoms. The summed E-state index contributed by atoms with van der Waals surface area (Å²) in [4.78, 5) is 0. The predicted molar refractivity (Wildman–Crippen MR) is 70.8 cm³/mol. The fraction of sp³-hybridized carbons (Fsp3) is 0.429. The van der Waals surface area contributed by atoms with Crippen molar-refractivity contribution in [1.29, 1.82) is 0 Å². The van der Waals surface area contributed by atoms with Gasteiger partial charge in [-0.1, -0.05) is 24.8 Å². The van der Waals surface area contributed by atoms with Gasteiger partial charge in [-0.25, -0.2) is 0 Å². The van der Waals surface area contributed by atoms with Crippen molar-refractivity contribution in [2.45, 2.75) is 0 Å². The van der Waals surface area contributed by atoms with Crippen LogP contribution in [0, 0.1) is 0 Å². The first kappa shape index (κ1) is 14.7. The lowest BCUT2D eigenvalue weighted by molar-refractivity contribution is 0.0247. The highest BCUT2D eigenvalue weighted by Gasteiger charge is 1.94. The molecule has 0 saturated carbocycles. The van der Waals surface area contributed by atoms with Crippen LogP contribution in [0.3, 0.4) is 0 Å². The molecule has 0 heterocycles. The van der Waals surface area contributed by atoms with E-state index in [0.29, 0.717) is 33.0 Å². The Morgan fingerprint density at radius 1 is 0.944 bits per heavy atom. The maximum Gasteiger partial charge on any atom is 0.119 e. The lowest BCUT2D eigenvalue weighted by Crippen LogP contribution is -2.11. The van der Waals surface area contributed by atoms with E-state index in [2.05, 4.69) is 6.58 Å². The Hall–Kier alpha value is -1.36. The SMILES string of the molecule is C=Cc1ccc(OCCOCCOCCO)cc1. The number of ether oxygens (including phenoxy) is 3. The van der Waals surface area contributed by atoms with Gasteiger partial charge in [0, 0.05) is 0 Å². The second-order valence-electron chi connectivity index (χ2n) is 3.57. The topological polar surface area (TPSA) is 47.9 Å². The van der Waals surface area contributed by atoms with Gasteiger partial charge in [-0.05, 0) is 17.7 Å². The van der Waals surface area contributed by atoms with Gasteiger partial charge in [-0.2, -0.15) is 0 Å². The molecule has 0 radical (unpaired) electrons. The Morgan fingerprint density at radius 2 is 1.56 bits per heavy atom. The van der Waals surface area contributed by atoms with Gasteiger partial charge in [0.05, 0.1) is 33.0 Å². The molecule has 100 valence electrons. The maximum absolute atomic E-state index is 8.48. The van der Waals surface area contributed by atoms with Crippen LogP contribution in [0.2, 0.25) is 0 Å². The van der Waals surface area contributed by atoms with E-state index in [1.807, 2.05) is 24.3 Å². The van der Waals surface area contributed by atoms with Crippen LogP contribution in [0.5, 0.6) is 5.75 Å². The fourth-order valence-electron chi connectivity index (χ4n) is 1.31. The average molecular weight is 252 g/mol. The average Bonchev–Trinajstić information content (AvgIpc) is 2.42. The highest BCUT2D eigenvalue weighted by Crippen LogP contribution is 2.12. The third-order valence-corrected chi connectivity index (χ3v) is 2.22. The first-order valence-corrected chi connectivity index (χ1v) is 5.98. The Kier molecular flexibility index (Phi) is 7.88. The van der Waals surface area contributed by atoms with E-state index in [4.69, 9.17) is 19.3 Å². The van der Waals surface area contributed by atoms with Crippen molar-refractivity contribution in [2.24, 2.45) is 0 Å². The summed E-state index contributed by atoms with van der Waals surface area (Å²) in [5, 5.41) is 8.48. The van der Waals surface area contributed by atoms with Crippen molar-refractivity contribution < 1.29 is 19.3 Å². The lowest BCUT2D eigenvalue weighted by Gasteiger charge is -2.07. The molecule has 0 unspecified atom stereocenters. The zero-order chi connectivity index (χ0) is 13.1. The number of aliphatic hydroxyl groups is 1. The van der Waals surface area contributed by atoms with Crippen molar-refractivity contribution in [3.8, 4) is 5.75 Å². The molecule has 0 saturated heterocycles. The Balaban J connectivity index is 2.01. The minimum Gasteiger partial charge on any atom is -0.491 e. The van der Waals surface area contributed by atoms with E-state index in [-0.39, 0.29) is 6.61 Å². The van der Waals surface area contributed by atoms with Gasteiger partial charge < -0.3 is 19.3 Å². The predicted octanol–water partition coefficient (Wildman–Crippen LogP) is 1.73. The Morgan fingerprint density at radius 3 is 2.17 bits per heavy atom. The highest BCUT2D eigenvalue weighted by atomic mass is 16.5. The number of rotatable bonds is 10. The Bertz CT molecular complexity index is 321. The number of hydrogen-bond acceptors (Lipinski definition) is 4. The zero-order valence-corrected chi connectivity index (χ0v) is 10.5. The summed E-state index contributed by atoms with van der Waals surface area (Å²) in [5.74, 6) is 0.820. The molecule has 0 fully saturated rings. The van der Waals surface area contributed by atoms with E-state index < -0.39 is 0 Å². The number of aliphatic hydroxyl groups excluding tert-OH is 1. The summed E-state index contributed by atoms with van der Waals surface area (Å²) in [6, 6.07) is 7.71. The summed E-state index contributed by atoms with van der Waals surface area (Å²) in [5.41, 5.74) is 1.07. The first-order valence-electron chi connectivity index (χ1n) is 5.98. The molecule has 0 aliphatic carbocycles. The van der Waals surface area contributed by atoms with Crippen molar-refractivity contribution in [3.63, 3.8) is 0 Å². The third kappa shape index (κ3) is 6.39. The van der Waals surface area contributed by atoms with E-state index in [1.54, 1.807) is 6.08 Å². The van der Waals surface area contributed by atoms with E-state index in [1.165, 1.54) is 0 Å². The van der Waals surface area contributed by atoms with Crippen molar-refractivity contribution >= 4 is 6.08 Å². The van der Waals surface area contributed by atoms with Crippen LogP contribution in [-0.2, 0) is 9.47 Å². The third-order valence-electron chi connectivity index (χ3n) is 2.22. The maximum atomic E-state index is 8.48. The highest BCUT2D eigenvalue weighted by molar-refractivity contribution is 5.48. The Labute approximate surface area is 108 Å². The molecule has 1 N–H and O–H groups in total. The largest absolute Gasteiger partial charge is 0.491 e. The monoisotopic (exact) mass is 252 g/mol. The second-order valence-corrected chi connectivity index (χ2v) is 3.57. The first-order chi connectivity index (χ1) is 8.86. The van der Waals surface area contributed by atoms with Crippen molar-refractivity contribution in [3.05, 3.63) is 36.4 Å². The van der Waals surface area contributed by atoms with Crippen molar-refractivity contribution in [2.75, 3.05) is 39.6 Å². The van der Waals surface area contributed by atoms with Gasteiger partial charge in [-0.3, -0.25) is 0 Å². The molecular formula is C14H20O4. The molecule has 0 bridgehead atoms. The summed E-state index contributed by atoms with van der Waals surface area (Å²) in [6.07, 6.45) is 1.79. The minimum atomic E-state index is 0.0455. The van der Waals surface area contributed by atoms with Gasteiger partial charge in [0.25, 0.3) is 0 Å². The van der Waals surface area contributed by atoms with Crippen LogP contribution in [0.1, 0.15) is 5.56 Å². The van der Waals surface area contributed by atoms with Crippen LogP contribution in [0.15, 0.2) is 30.8 Å². The number of benzene rings is 1. The molecule has 1 rings (SSSR count). The molecule has 1 aromatic rings. The molecule has 0 aromatic heterocycles. The van der Waals surface area contributed by atoms with Gasteiger partial charge in [0.2, 0.25) is 0 Å². The summed E-state index contributed by atoms with van der Waals surface area (Å²) in [6.45, 7) is 6.13. The molecule has 1 aromatic carbocycles. The van der Waals surface area contributed by atoms with E-state index in [9.17, 15) is 0 Å². The minimum absolute atomic E-state index is 0.0455. The van der Waals surface area contributed by atoms with Gasteiger partial charge >= 0.3 is 0 Å². The van der Waals surface area contributed by atoms with E-state index in [0.717, 1.165) is 11.3 Å². The standard InChI is InChI=1S/C14H20O4/c1-2-13-3-5-14(6-4-13)18-12-11-17-10-9-16-8-7-15/h2-6,15H,1,7-12H2. The molecule has 0 aliphatic rings. The molecule has 18 heavy (non-hydrogen) atoms. The van der Waals surface area contributed by atoms with Gasteiger partial charge in [-0.15, -0.1) is 0 Å².